The lowest BCUT2D eigenvalue weighted by Crippen LogP contribution is -2.40. The van der Waals surface area contributed by atoms with Crippen LogP contribution in [0.15, 0.2) is 47.1 Å². The molecule has 1 N–H and O–H groups in total. The molecule has 7 nitrogen and oxygen atoms in total. The zero-order valence-electron chi connectivity index (χ0n) is 16.3. The summed E-state index contributed by atoms with van der Waals surface area (Å²) in [6, 6.07) is 11.1. The first-order valence-electron chi connectivity index (χ1n) is 10.1. The lowest BCUT2D eigenvalue weighted by molar-refractivity contribution is -0.122. The molecule has 1 aromatic carbocycles. The molecule has 29 heavy (non-hydrogen) atoms. The van der Waals surface area contributed by atoms with Crippen LogP contribution in [-0.4, -0.2) is 32.5 Å². The van der Waals surface area contributed by atoms with Crippen LogP contribution < -0.4 is 5.32 Å². The molecular weight excluding hydrogens is 366 g/mol. The topological polar surface area (TPSA) is 84.2 Å². The summed E-state index contributed by atoms with van der Waals surface area (Å²) in [7, 11) is 0. The van der Waals surface area contributed by atoms with E-state index in [1.165, 1.54) is 12.8 Å². The third-order valence-corrected chi connectivity index (χ3v) is 5.53. The van der Waals surface area contributed by atoms with Gasteiger partial charge in [0.1, 0.15) is 17.6 Å². The number of rotatable bonds is 5. The van der Waals surface area contributed by atoms with Gasteiger partial charge in [0, 0.05) is 48.9 Å². The fraction of sp³-hybridized carbons (Fsp3) is 0.364. The van der Waals surface area contributed by atoms with E-state index in [-0.39, 0.29) is 5.91 Å². The Labute approximate surface area is 169 Å². The molecule has 1 aliphatic heterocycles. The molecule has 3 aromatic rings. The molecule has 1 atom stereocenters. The summed E-state index contributed by atoms with van der Waals surface area (Å²) in [4.78, 5) is 24.8. The summed E-state index contributed by atoms with van der Waals surface area (Å²) < 4.78 is 5.08. The summed E-state index contributed by atoms with van der Waals surface area (Å²) in [6.07, 6.45) is 5.16. The number of amides is 1. The number of hydrogen-bond donors (Lipinski definition) is 1. The summed E-state index contributed by atoms with van der Waals surface area (Å²) in [5.41, 5.74) is 3.17. The maximum Gasteiger partial charge on any atom is 0.247 e. The molecule has 0 saturated heterocycles. The van der Waals surface area contributed by atoms with Crippen LogP contribution in [0.25, 0.3) is 0 Å². The average molecular weight is 389 g/mol. The highest BCUT2D eigenvalue weighted by atomic mass is 16.5. The summed E-state index contributed by atoms with van der Waals surface area (Å²) in [6.45, 7) is 3.21. The SMILES string of the molecule is Cc1cc(NC(=O)C(c2ccccc2)N2CCc3nc(C4CC4)ncc3C2)no1. The van der Waals surface area contributed by atoms with Gasteiger partial charge in [0.05, 0.1) is 0 Å². The number of hydrogen-bond acceptors (Lipinski definition) is 6. The second-order valence-electron chi connectivity index (χ2n) is 7.82. The van der Waals surface area contributed by atoms with E-state index in [4.69, 9.17) is 9.51 Å². The van der Waals surface area contributed by atoms with E-state index in [1.807, 2.05) is 36.5 Å². The fourth-order valence-corrected chi connectivity index (χ4v) is 3.90. The van der Waals surface area contributed by atoms with E-state index in [0.29, 0.717) is 24.0 Å². The van der Waals surface area contributed by atoms with Crippen molar-refractivity contribution in [3.8, 4) is 0 Å². The van der Waals surface area contributed by atoms with Crippen LogP contribution in [0.4, 0.5) is 5.82 Å². The van der Waals surface area contributed by atoms with E-state index in [1.54, 1.807) is 13.0 Å². The van der Waals surface area contributed by atoms with E-state index in [9.17, 15) is 4.79 Å². The third-order valence-electron chi connectivity index (χ3n) is 5.53. The van der Waals surface area contributed by atoms with Crippen LogP contribution in [0.3, 0.4) is 0 Å². The van der Waals surface area contributed by atoms with E-state index >= 15 is 0 Å². The van der Waals surface area contributed by atoms with Gasteiger partial charge in [0.25, 0.3) is 0 Å². The molecule has 1 saturated carbocycles. The summed E-state index contributed by atoms with van der Waals surface area (Å²) in [5, 5.41) is 6.80. The number of carbonyl (C=O) groups excluding carboxylic acids is 1. The molecular formula is C22H23N5O2. The Kier molecular flexibility index (Phi) is 4.60. The lowest BCUT2D eigenvalue weighted by Gasteiger charge is -2.34. The number of fused-ring (bicyclic) bond motifs is 1. The lowest BCUT2D eigenvalue weighted by atomic mass is 9.99. The van der Waals surface area contributed by atoms with E-state index in [0.717, 1.165) is 35.6 Å². The molecule has 0 spiro atoms. The number of anilines is 1. The number of nitrogens with one attached hydrogen (secondary N) is 1. The molecule has 1 unspecified atom stereocenters. The van der Waals surface area contributed by atoms with Gasteiger partial charge in [0.15, 0.2) is 5.82 Å². The van der Waals surface area contributed by atoms with Crippen LogP contribution in [0.2, 0.25) is 0 Å². The van der Waals surface area contributed by atoms with Crippen molar-refractivity contribution in [3.63, 3.8) is 0 Å². The maximum absolute atomic E-state index is 13.2. The standard InChI is InChI=1S/C22H23N5O2/c1-14-11-19(26-29-14)25-22(28)20(15-5-3-2-4-6-15)27-10-9-18-17(13-27)12-23-21(24-18)16-7-8-16/h2-6,11-12,16,20H,7-10,13H2,1H3,(H,25,26,28). The summed E-state index contributed by atoms with van der Waals surface area (Å²) >= 11 is 0. The van der Waals surface area contributed by atoms with Crippen molar-refractivity contribution in [3.05, 3.63) is 71.0 Å². The van der Waals surface area contributed by atoms with Gasteiger partial charge in [-0.1, -0.05) is 35.5 Å². The second-order valence-corrected chi connectivity index (χ2v) is 7.82. The van der Waals surface area contributed by atoms with Crippen LogP contribution in [0.1, 0.15) is 53.2 Å². The minimum atomic E-state index is -0.426. The van der Waals surface area contributed by atoms with Gasteiger partial charge < -0.3 is 9.84 Å². The average Bonchev–Trinajstić information content (AvgIpc) is 3.51. The first-order chi connectivity index (χ1) is 14.2. The largest absolute Gasteiger partial charge is 0.360 e. The van der Waals surface area contributed by atoms with Crippen molar-refractivity contribution in [2.45, 2.75) is 44.7 Å². The number of aromatic nitrogens is 3. The predicted molar refractivity (Wildman–Crippen MR) is 107 cm³/mol. The van der Waals surface area contributed by atoms with Crippen molar-refractivity contribution in [1.29, 1.82) is 0 Å². The van der Waals surface area contributed by atoms with Gasteiger partial charge in [-0.2, -0.15) is 0 Å². The fourth-order valence-electron chi connectivity index (χ4n) is 3.90. The molecule has 148 valence electrons. The van der Waals surface area contributed by atoms with Gasteiger partial charge in [-0.3, -0.25) is 9.69 Å². The molecule has 1 aliphatic carbocycles. The number of benzene rings is 1. The first-order valence-corrected chi connectivity index (χ1v) is 10.1. The smallest absolute Gasteiger partial charge is 0.247 e. The Bertz CT molecular complexity index is 1030. The zero-order valence-corrected chi connectivity index (χ0v) is 16.3. The Balaban J connectivity index is 1.41. The van der Waals surface area contributed by atoms with Gasteiger partial charge in [0.2, 0.25) is 5.91 Å². The molecule has 2 aliphatic rings. The number of aryl methyl sites for hydroxylation is 1. The molecule has 0 bridgehead atoms. The second kappa shape index (κ2) is 7.40. The highest BCUT2D eigenvalue weighted by Gasteiger charge is 2.33. The van der Waals surface area contributed by atoms with Gasteiger partial charge >= 0.3 is 0 Å². The van der Waals surface area contributed by atoms with E-state index < -0.39 is 6.04 Å². The molecule has 1 amide bonds. The van der Waals surface area contributed by atoms with Crippen LogP contribution >= 0.6 is 0 Å². The van der Waals surface area contributed by atoms with Crippen molar-refractivity contribution < 1.29 is 9.32 Å². The van der Waals surface area contributed by atoms with Crippen LogP contribution in [0.5, 0.6) is 0 Å². The zero-order chi connectivity index (χ0) is 19.8. The maximum atomic E-state index is 13.2. The van der Waals surface area contributed by atoms with Crippen molar-refractivity contribution in [2.24, 2.45) is 0 Å². The van der Waals surface area contributed by atoms with Crippen LogP contribution in [0, 0.1) is 6.92 Å². The van der Waals surface area contributed by atoms with Gasteiger partial charge in [-0.25, -0.2) is 9.97 Å². The molecule has 2 aromatic heterocycles. The van der Waals surface area contributed by atoms with Gasteiger partial charge in [-0.05, 0) is 25.3 Å². The number of nitrogens with zero attached hydrogens (tertiary/aromatic N) is 4. The minimum Gasteiger partial charge on any atom is -0.360 e. The number of carbonyl (C=O) groups is 1. The Hall–Kier alpha value is -3.06. The van der Waals surface area contributed by atoms with Crippen LogP contribution in [-0.2, 0) is 17.8 Å². The minimum absolute atomic E-state index is 0.122. The molecule has 7 heteroatoms. The van der Waals surface area contributed by atoms with Crippen molar-refractivity contribution in [1.82, 2.24) is 20.0 Å². The van der Waals surface area contributed by atoms with Crippen molar-refractivity contribution in [2.75, 3.05) is 11.9 Å². The molecule has 0 radical (unpaired) electrons. The van der Waals surface area contributed by atoms with Crippen molar-refractivity contribution >= 4 is 11.7 Å². The Morgan fingerprint density at radius 1 is 1.28 bits per heavy atom. The quantitative estimate of drug-likeness (QED) is 0.720. The molecule has 5 rings (SSSR count). The highest BCUT2D eigenvalue weighted by Crippen LogP contribution is 2.38. The Morgan fingerprint density at radius 2 is 2.10 bits per heavy atom. The molecule has 1 fully saturated rings. The predicted octanol–water partition coefficient (Wildman–Crippen LogP) is 3.39. The normalized spacial score (nSPS) is 17.6. The van der Waals surface area contributed by atoms with E-state index in [2.05, 4.69) is 20.4 Å². The highest BCUT2D eigenvalue weighted by molar-refractivity contribution is 5.94. The first kappa shape index (κ1) is 18.0. The monoisotopic (exact) mass is 389 g/mol. The third kappa shape index (κ3) is 3.78. The summed E-state index contributed by atoms with van der Waals surface area (Å²) in [5.74, 6) is 2.50. The Morgan fingerprint density at radius 3 is 2.83 bits per heavy atom. The van der Waals surface area contributed by atoms with Gasteiger partial charge in [-0.15, -0.1) is 0 Å². The molecule has 3 heterocycles.